The largest absolute Gasteiger partial charge is 0.497 e. The van der Waals surface area contributed by atoms with E-state index in [2.05, 4.69) is 23.7 Å². The molecule has 3 aromatic carbocycles. The predicted molar refractivity (Wildman–Crippen MR) is 164 cm³/mol. The zero-order valence-corrected chi connectivity index (χ0v) is 24.3. The summed E-state index contributed by atoms with van der Waals surface area (Å²) in [4.78, 5) is 37.4. The number of nitrogens with one attached hydrogen (secondary N) is 1. The average Bonchev–Trinajstić information content (AvgIpc) is 3.39. The van der Waals surface area contributed by atoms with Crippen molar-refractivity contribution in [2.24, 2.45) is 5.92 Å². The maximum Gasteiger partial charge on any atom is 0.270 e. The quantitative estimate of drug-likeness (QED) is 0.330. The molecule has 0 unspecified atom stereocenters. The fraction of sp³-hybridized carbons (Fsp3) is 0.353. The fourth-order valence-corrected chi connectivity index (χ4v) is 5.66. The number of amides is 2. The Labute approximate surface area is 242 Å². The van der Waals surface area contributed by atoms with Gasteiger partial charge in [-0.25, -0.2) is 0 Å². The van der Waals surface area contributed by atoms with E-state index in [9.17, 15) is 9.59 Å². The maximum atomic E-state index is 14.0. The highest BCUT2D eigenvalue weighted by molar-refractivity contribution is 5.99. The SMILES string of the molecule is COc1ccc2cc(C(=O)N3CCN(CC(C)C)CCCN(C(=O)Cc4ccccc4)c4ccccc4C3)[nH]c2c1. The van der Waals surface area contributed by atoms with Crippen LogP contribution in [0.25, 0.3) is 10.9 Å². The standard InChI is InChI=1S/C34H40N4O3/c1-25(2)23-36-16-9-17-38(33(39)20-26-10-5-4-6-11-26)32-13-8-7-12-28(32)24-37(19-18-36)34(40)31-21-27-14-15-29(41-3)22-30(27)35-31/h4-8,10-15,21-22,25,35H,9,16-20,23-24H2,1-3H3. The Bertz CT molecular complexity index is 1480. The molecule has 0 aliphatic carbocycles. The van der Waals surface area contributed by atoms with Crippen LogP contribution in [-0.2, 0) is 17.8 Å². The highest BCUT2D eigenvalue weighted by Crippen LogP contribution is 2.26. The monoisotopic (exact) mass is 552 g/mol. The van der Waals surface area contributed by atoms with Gasteiger partial charge in [0.15, 0.2) is 0 Å². The molecule has 5 rings (SSSR count). The van der Waals surface area contributed by atoms with Gasteiger partial charge < -0.3 is 24.4 Å². The maximum absolute atomic E-state index is 14.0. The molecule has 0 saturated carbocycles. The normalized spacial score (nSPS) is 15.0. The van der Waals surface area contributed by atoms with Gasteiger partial charge in [-0.2, -0.15) is 0 Å². The summed E-state index contributed by atoms with van der Waals surface area (Å²) >= 11 is 0. The van der Waals surface area contributed by atoms with Crippen molar-refractivity contribution in [2.45, 2.75) is 33.2 Å². The lowest BCUT2D eigenvalue weighted by atomic mass is 10.1. The number of rotatable bonds is 6. The Morgan fingerprint density at radius 2 is 1.68 bits per heavy atom. The molecule has 0 spiro atoms. The van der Waals surface area contributed by atoms with Gasteiger partial charge in [0.1, 0.15) is 11.4 Å². The van der Waals surface area contributed by atoms with Crippen molar-refractivity contribution in [2.75, 3.05) is 44.7 Å². The van der Waals surface area contributed by atoms with E-state index in [4.69, 9.17) is 4.74 Å². The third kappa shape index (κ3) is 6.98. The van der Waals surface area contributed by atoms with Gasteiger partial charge in [0.2, 0.25) is 5.91 Å². The molecule has 0 saturated heterocycles. The van der Waals surface area contributed by atoms with Gasteiger partial charge in [-0.05, 0) is 54.3 Å². The van der Waals surface area contributed by atoms with E-state index in [0.717, 1.165) is 59.5 Å². The Balaban J connectivity index is 1.48. The summed E-state index contributed by atoms with van der Waals surface area (Å²) in [6.07, 6.45) is 1.20. The van der Waals surface area contributed by atoms with Gasteiger partial charge in [-0.1, -0.05) is 62.4 Å². The molecule has 2 amide bonds. The fourth-order valence-electron chi connectivity index (χ4n) is 5.66. The minimum atomic E-state index is -0.0547. The molecule has 1 aliphatic rings. The second-order valence-electron chi connectivity index (χ2n) is 11.2. The number of aromatic nitrogens is 1. The number of para-hydroxylation sites is 1. The lowest BCUT2D eigenvalue weighted by Gasteiger charge is -2.28. The van der Waals surface area contributed by atoms with E-state index in [1.54, 1.807) is 7.11 Å². The van der Waals surface area contributed by atoms with Crippen LogP contribution in [-0.4, -0.2) is 66.4 Å². The first kappa shape index (κ1) is 28.4. The number of hydrogen-bond donors (Lipinski definition) is 1. The summed E-state index contributed by atoms with van der Waals surface area (Å²) in [5, 5.41) is 0.964. The van der Waals surface area contributed by atoms with Crippen molar-refractivity contribution in [3.8, 4) is 5.75 Å². The van der Waals surface area contributed by atoms with Gasteiger partial charge in [-0.3, -0.25) is 9.59 Å². The molecule has 7 nitrogen and oxygen atoms in total. The van der Waals surface area contributed by atoms with E-state index < -0.39 is 0 Å². The molecule has 214 valence electrons. The summed E-state index contributed by atoms with van der Waals surface area (Å²) in [6, 6.07) is 25.6. The smallest absolute Gasteiger partial charge is 0.270 e. The first-order chi connectivity index (χ1) is 19.9. The Morgan fingerprint density at radius 1 is 0.902 bits per heavy atom. The number of benzene rings is 3. The van der Waals surface area contributed by atoms with E-state index in [0.29, 0.717) is 37.7 Å². The number of nitrogens with zero attached hydrogens (tertiary/aromatic N) is 3. The van der Waals surface area contributed by atoms with Crippen LogP contribution in [0, 0.1) is 5.92 Å². The number of anilines is 1. The third-order valence-electron chi connectivity index (χ3n) is 7.66. The van der Waals surface area contributed by atoms with Crippen molar-refractivity contribution in [1.82, 2.24) is 14.8 Å². The highest BCUT2D eigenvalue weighted by atomic mass is 16.5. The van der Waals surface area contributed by atoms with Crippen LogP contribution < -0.4 is 9.64 Å². The van der Waals surface area contributed by atoms with Crippen molar-refractivity contribution >= 4 is 28.4 Å². The number of carbonyl (C=O) groups is 2. The van der Waals surface area contributed by atoms with Gasteiger partial charge in [0.05, 0.1) is 13.5 Å². The van der Waals surface area contributed by atoms with Crippen molar-refractivity contribution in [1.29, 1.82) is 0 Å². The average molecular weight is 553 g/mol. The molecule has 2 heterocycles. The Kier molecular flexibility index (Phi) is 9.04. The summed E-state index contributed by atoms with van der Waals surface area (Å²) in [7, 11) is 1.64. The number of ether oxygens (including phenoxy) is 1. The molecule has 7 heteroatoms. The number of methoxy groups -OCH3 is 1. The Morgan fingerprint density at radius 3 is 2.46 bits per heavy atom. The van der Waals surface area contributed by atoms with E-state index >= 15 is 0 Å². The third-order valence-corrected chi connectivity index (χ3v) is 7.66. The van der Waals surface area contributed by atoms with Crippen LogP contribution in [0.4, 0.5) is 5.69 Å². The minimum absolute atomic E-state index is 0.0547. The van der Waals surface area contributed by atoms with Crippen LogP contribution in [0.15, 0.2) is 78.9 Å². The predicted octanol–water partition coefficient (Wildman–Crippen LogP) is 5.76. The number of hydrogen-bond acceptors (Lipinski definition) is 4. The molecule has 0 radical (unpaired) electrons. The van der Waals surface area contributed by atoms with E-state index in [1.807, 2.05) is 88.7 Å². The van der Waals surface area contributed by atoms with Gasteiger partial charge in [-0.15, -0.1) is 0 Å². The summed E-state index contributed by atoms with van der Waals surface area (Å²) in [5.74, 6) is 1.26. The molecule has 1 aliphatic heterocycles. The number of H-pyrrole nitrogens is 1. The summed E-state index contributed by atoms with van der Waals surface area (Å²) in [5.41, 5.74) is 4.26. The molecular formula is C34H40N4O3. The molecular weight excluding hydrogens is 512 g/mol. The minimum Gasteiger partial charge on any atom is -0.497 e. The molecule has 0 fully saturated rings. The van der Waals surface area contributed by atoms with Gasteiger partial charge in [0, 0.05) is 55.4 Å². The number of fused-ring (bicyclic) bond motifs is 2. The molecule has 0 bridgehead atoms. The van der Waals surface area contributed by atoms with E-state index in [1.165, 1.54) is 0 Å². The molecule has 1 aromatic heterocycles. The van der Waals surface area contributed by atoms with Crippen LogP contribution in [0.3, 0.4) is 0 Å². The second kappa shape index (κ2) is 13.0. The van der Waals surface area contributed by atoms with Gasteiger partial charge in [0.25, 0.3) is 5.91 Å². The molecule has 1 N–H and O–H groups in total. The van der Waals surface area contributed by atoms with Crippen LogP contribution in [0.1, 0.15) is 41.9 Å². The number of carbonyl (C=O) groups excluding carboxylic acids is 2. The number of aromatic amines is 1. The van der Waals surface area contributed by atoms with Crippen LogP contribution in [0.5, 0.6) is 5.75 Å². The lowest BCUT2D eigenvalue weighted by molar-refractivity contribution is -0.118. The zero-order valence-electron chi connectivity index (χ0n) is 24.3. The van der Waals surface area contributed by atoms with Gasteiger partial charge >= 0.3 is 0 Å². The zero-order chi connectivity index (χ0) is 28.8. The van der Waals surface area contributed by atoms with E-state index in [-0.39, 0.29) is 11.8 Å². The van der Waals surface area contributed by atoms with Crippen molar-refractivity contribution < 1.29 is 14.3 Å². The topological polar surface area (TPSA) is 68.9 Å². The molecule has 4 aromatic rings. The van der Waals surface area contributed by atoms with Crippen LogP contribution in [0.2, 0.25) is 0 Å². The Hall–Kier alpha value is -4.10. The first-order valence-corrected chi connectivity index (χ1v) is 14.5. The molecule has 0 atom stereocenters. The first-order valence-electron chi connectivity index (χ1n) is 14.5. The van der Waals surface area contributed by atoms with Crippen LogP contribution >= 0.6 is 0 Å². The molecule has 41 heavy (non-hydrogen) atoms. The summed E-state index contributed by atoms with van der Waals surface area (Å²) < 4.78 is 5.37. The second-order valence-corrected chi connectivity index (χ2v) is 11.2. The van der Waals surface area contributed by atoms with Crippen molar-refractivity contribution in [3.63, 3.8) is 0 Å². The van der Waals surface area contributed by atoms with Crippen molar-refractivity contribution in [3.05, 3.63) is 95.7 Å². The lowest BCUT2D eigenvalue weighted by Crippen LogP contribution is -2.40. The highest BCUT2D eigenvalue weighted by Gasteiger charge is 2.25. The summed E-state index contributed by atoms with van der Waals surface area (Å²) in [6.45, 7) is 8.67.